The van der Waals surface area contributed by atoms with Crippen molar-refractivity contribution in [3.63, 3.8) is 0 Å². The van der Waals surface area contributed by atoms with Gasteiger partial charge in [-0.1, -0.05) is 30.3 Å². The highest BCUT2D eigenvalue weighted by molar-refractivity contribution is 5.97. The second kappa shape index (κ2) is 8.28. The maximum absolute atomic E-state index is 12.8. The molecule has 0 N–H and O–H groups in total. The van der Waals surface area contributed by atoms with E-state index >= 15 is 0 Å². The molecule has 1 aliphatic rings. The molecule has 0 radical (unpaired) electrons. The maximum atomic E-state index is 12.8. The van der Waals surface area contributed by atoms with Crippen molar-refractivity contribution in [3.8, 4) is 0 Å². The van der Waals surface area contributed by atoms with Crippen LogP contribution in [0.15, 0.2) is 30.3 Å². The van der Waals surface area contributed by atoms with Crippen LogP contribution in [0, 0.1) is 0 Å². The number of hydrogen-bond donors (Lipinski definition) is 0. The molecule has 24 heavy (non-hydrogen) atoms. The van der Waals surface area contributed by atoms with E-state index in [1.807, 2.05) is 0 Å². The Bertz CT molecular complexity index is 554. The number of Topliss-reactive ketones (excluding diaryl/α,β-unsaturated/α-hetero) is 1. The summed E-state index contributed by atoms with van der Waals surface area (Å²) >= 11 is 0. The molecule has 1 amide bonds. The predicted octanol–water partition coefficient (Wildman–Crippen LogP) is 3.22. The van der Waals surface area contributed by atoms with E-state index in [4.69, 9.17) is 4.74 Å². The predicted molar refractivity (Wildman–Crippen MR) is 81.6 cm³/mol. The third-order valence-corrected chi connectivity index (χ3v) is 3.96. The lowest BCUT2D eigenvalue weighted by Gasteiger charge is -2.34. The third-order valence-electron chi connectivity index (χ3n) is 3.96. The second-order valence-corrected chi connectivity index (χ2v) is 5.77. The van der Waals surface area contributed by atoms with Crippen LogP contribution in [-0.2, 0) is 9.53 Å². The van der Waals surface area contributed by atoms with Gasteiger partial charge in [-0.05, 0) is 12.8 Å². The van der Waals surface area contributed by atoms with Crippen LogP contribution < -0.4 is 0 Å². The van der Waals surface area contributed by atoms with Gasteiger partial charge >= 0.3 is 6.18 Å². The minimum Gasteiger partial charge on any atom is -0.381 e. The largest absolute Gasteiger partial charge is 0.406 e. The molecule has 1 aromatic rings. The van der Waals surface area contributed by atoms with Crippen LogP contribution in [0.4, 0.5) is 13.2 Å². The summed E-state index contributed by atoms with van der Waals surface area (Å²) in [7, 11) is 0. The highest BCUT2D eigenvalue weighted by Crippen LogP contribution is 2.23. The van der Waals surface area contributed by atoms with Crippen molar-refractivity contribution in [3.05, 3.63) is 35.9 Å². The van der Waals surface area contributed by atoms with Crippen molar-refractivity contribution < 1.29 is 27.5 Å². The first-order valence-electron chi connectivity index (χ1n) is 7.89. The molecule has 0 unspecified atom stereocenters. The van der Waals surface area contributed by atoms with E-state index < -0.39 is 24.7 Å². The van der Waals surface area contributed by atoms with Gasteiger partial charge in [0, 0.05) is 37.7 Å². The molecule has 1 saturated heterocycles. The minimum absolute atomic E-state index is 0.0968. The monoisotopic (exact) mass is 343 g/mol. The Kier molecular flexibility index (Phi) is 6.36. The number of rotatable bonds is 6. The molecular formula is C17H20F3NO3. The van der Waals surface area contributed by atoms with Gasteiger partial charge in [-0.2, -0.15) is 13.2 Å². The van der Waals surface area contributed by atoms with Crippen LogP contribution in [0.5, 0.6) is 0 Å². The van der Waals surface area contributed by atoms with E-state index in [-0.39, 0.29) is 18.6 Å². The SMILES string of the molecule is O=C(CCC(=O)N(CC(F)(F)F)C1CCOCC1)c1ccccc1. The first-order chi connectivity index (χ1) is 11.4. The fourth-order valence-corrected chi connectivity index (χ4v) is 2.74. The molecule has 1 aromatic carbocycles. The Balaban J connectivity index is 1.97. The van der Waals surface area contributed by atoms with Crippen LogP contribution in [0.25, 0.3) is 0 Å². The van der Waals surface area contributed by atoms with E-state index in [1.54, 1.807) is 30.3 Å². The number of carbonyl (C=O) groups excluding carboxylic acids is 2. The van der Waals surface area contributed by atoms with Gasteiger partial charge < -0.3 is 9.64 Å². The standard InChI is InChI=1S/C17H20F3NO3/c18-17(19,20)12-21(14-8-10-24-11-9-14)16(23)7-6-15(22)13-4-2-1-3-5-13/h1-5,14H,6-12H2. The minimum atomic E-state index is -4.46. The van der Waals surface area contributed by atoms with Gasteiger partial charge in [0.1, 0.15) is 6.54 Å². The van der Waals surface area contributed by atoms with Gasteiger partial charge in [0.15, 0.2) is 5.78 Å². The van der Waals surface area contributed by atoms with Crippen molar-refractivity contribution in [1.82, 2.24) is 4.90 Å². The fraction of sp³-hybridized carbons (Fsp3) is 0.529. The van der Waals surface area contributed by atoms with Gasteiger partial charge in [-0.25, -0.2) is 0 Å². The second-order valence-electron chi connectivity index (χ2n) is 5.77. The lowest BCUT2D eigenvalue weighted by atomic mass is 10.0. The third kappa shape index (κ3) is 5.63. The topological polar surface area (TPSA) is 46.6 Å². The van der Waals surface area contributed by atoms with Crippen molar-refractivity contribution >= 4 is 11.7 Å². The van der Waals surface area contributed by atoms with Crippen LogP contribution in [0.1, 0.15) is 36.0 Å². The van der Waals surface area contributed by atoms with Crippen LogP contribution in [0.3, 0.4) is 0 Å². The van der Waals surface area contributed by atoms with Crippen molar-refractivity contribution in [2.75, 3.05) is 19.8 Å². The number of amides is 1. The molecule has 0 spiro atoms. The zero-order valence-electron chi connectivity index (χ0n) is 13.2. The van der Waals surface area contributed by atoms with Gasteiger partial charge in [0.05, 0.1) is 0 Å². The normalized spacial score (nSPS) is 16.0. The van der Waals surface area contributed by atoms with Gasteiger partial charge in [-0.15, -0.1) is 0 Å². The molecule has 0 atom stereocenters. The molecule has 0 aromatic heterocycles. The highest BCUT2D eigenvalue weighted by atomic mass is 19.4. The summed E-state index contributed by atoms with van der Waals surface area (Å²) in [6, 6.07) is 7.93. The lowest BCUT2D eigenvalue weighted by molar-refractivity contribution is -0.168. The summed E-state index contributed by atoms with van der Waals surface area (Å²) in [5.74, 6) is -0.883. The Labute approximate surface area is 138 Å². The smallest absolute Gasteiger partial charge is 0.381 e. The van der Waals surface area contributed by atoms with Crippen LogP contribution in [0.2, 0.25) is 0 Å². The molecule has 0 aliphatic carbocycles. The van der Waals surface area contributed by atoms with Crippen LogP contribution in [-0.4, -0.2) is 48.6 Å². The Hall–Kier alpha value is -1.89. The maximum Gasteiger partial charge on any atom is 0.406 e. The first-order valence-corrected chi connectivity index (χ1v) is 7.89. The average molecular weight is 343 g/mol. The van der Waals surface area contributed by atoms with E-state index in [2.05, 4.69) is 0 Å². The number of nitrogens with zero attached hydrogens (tertiary/aromatic N) is 1. The number of hydrogen-bond acceptors (Lipinski definition) is 3. The molecule has 1 aliphatic heterocycles. The summed E-state index contributed by atoms with van der Waals surface area (Å²) in [5, 5.41) is 0. The summed E-state index contributed by atoms with van der Waals surface area (Å²) in [5.41, 5.74) is 0.457. The molecule has 1 heterocycles. The van der Waals surface area contributed by atoms with Crippen molar-refractivity contribution in [2.24, 2.45) is 0 Å². The molecule has 0 saturated carbocycles. The average Bonchev–Trinajstić information content (AvgIpc) is 2.58. The highest BCUT2D eigenvalue weighted by Gasteiger charge is 2.36. The number of benzene rings is 1. The molecule has 4 nitrogen and oxygen atoms in total. The molecule has 1 fully saturated rings. The lowest BCUT2D eigenvalue weighted by Crippen LogP contribution is -2.47. The molecule has 2 rings (SSSR count). The molecule has 7 heteroatoms. The number of carbonyl (C=O) groups is 2. The van der Waals surface area contributed by atoms with Gasteiger partial charge in [0.25, 0.3) is 0 Å². The quantitative estimate of drug-likeness (QED) is 0.745. The fourth-order valence-electron chi connectivity index (χ4n) is 2.74. The number of halogens is 3. The number of alkyl halides is 3. The Morgan fingerprint density at radius 3 is 2.29 bits per heavy atom. The van der Waals surface area contributed by atoms with Crippen molar-refractivity contribution in [2.45, 2.75) is 37.9 Å². The Morgan fingerprint density at radius 2 is 1.71 bits per heavy atom. The molecule has 132 valence electrons. The Morgan fingerprint density at radius 1 is 1.08 bits per heavy atom. The molecular weight excluding hydrogens is 323 g/mol. The summed E-state index contributed by atoms with van der Waals surface area (Å²) in [4.78, 5) is 25.2. The van der Waals surface area contributed by atoms with Crippen molar-refractivity contribution in [1.29, 1.82) is 0 Å². The van der Waals surface area contributed by atoms with Gasteiger partial charge in [0.2, 0.25) is 5.91 Å². The zero-order valence-corrected chi connectivity index (χ0v) is 13.2. The number of ketones is 1. The number of ether oxygens (including phenoxy) is 1. The summed E-state index contributed by atoms with van der Waals surface area (Å²) in [6.45, 7) is -0.597. The van der Waals surface area contributed by atoms with E-state index in [0.29, 0.717) is 31.6 Å². The van der Waals surface area contributed by atoms with E-state index in [1.165, 1.54) is 0 Å². The van der Waals surface area contributed by atoms with Crippen LogP contribution >= 0.6 is 0 Å². The summed E-state index contributed by atoms with van der Waals surface area (Å²) in [6.07, 6.45) is -4.01. The molecule has 0 bridgehead atoms. The van der Waals surface area contributed by atoms with Gasteiger partial charge in [-0.3, -0.25) is 9.59 Å². The zero-order chi connectivity index (χ0) is 17.6. The van der Waals surface area contributed by atoms with E-state index in [9.17, 15) is 22.8 Å². The first kappa shape index (κ1) is 18.4. The van der Waals surface area contributed by atoms with E-state index in [0.717, 1.165) is 4.90 Å². The summed E-state index contributed by atoms with van der Waals surface area (Å²) < 4.78 is 43.5.